The van der Waals surface area contributed by atoms with Crippen molar-refractivity contribution >= 4 is 11.8 Å². The van der Waals surface area contributed by atoms with Gasteiger partial charge in [-0.2, -0.15) is 13.2 Å². The topological polar surface area (TPSA) is 49.4 Å². The largest absolute Gasteiger partial charge is 0.406 e. The minimum atomic E-state index is -4.42. The molecule has 1 aliphatic heterocycles. The zero-order chi connectivity index (χ0) is 14.6. The maximum Gasteiger partial charge on any atom is 0.406 e. The van der Waals surface area contributed by atoms with Crippen LogP contribution in [-0.4, -0.2) is 42.5 Å². The van der Waals surface area contributed by atoms with E-state index >= 15 is 0 Å². The summed E-state index contributed by atoms with van der Waals surface area (Å²) in [7, 11) is 0. The molecule has 1 heterocycles. The summed E-state index contributed by atoms with van der Waals surface area (Å²) in [6, 6.07) is 0. The molecule has 0 radical (unpaired) electrons. The van der Waals surface area contributed by atoms with Gasteiger partial charge in [-0.3, -0.25) is 9.59 Å². The van der Waals surface area contributed by atoms with Gasteiger partial charge in [-0.25, -0.2) is 0 Å². The monoisotopic (exact) mass is 280 g/mol. The number of hydrogen-bond acceptors (Lipinski definition) is 2. The van der Waals surface area contributed by atoms with E-state index in [0.717, 1.165) is 6.42 Å². The van der Waals surface area contributed by atoms with Crippen molar-refractivity contribution in [2.24, 2.45) is 11.8 Å². The Morgan fingerprint density at radius 3 is 2.63 bits per heavy atom. The number of likely N-dealkylation sites (tertiary alicyclic amines) is 1. The third kappa shape index (κ3) is 5.48. The van der Waals surface area contributed by atoms with Gasteiger partial charge in [-0.1, -0.05) is 13.8 Å². The van der Waals surface area contributed by atoms with E-state index in [1.165, 1.54) is 0 Å². The van der Waals surface area contributed by atoms with Crippen molar-refractivity contribution in [1.82, 2.24) is 10.2 Å². The highest BCUT2D eigenvalue weighted by Gasteiger charge is 2.40. The molecule has 7 heteroatoms. The van der Waals surface area contributed by atoms with E-state index in [1.807, 2.05) is 13.8 Å². The molecule has 110 valence electrons. The van der Waals surface area contributed by atoms with Gasteiger partial charge < -0.3 is 10.2 Å². The Morgan fingerprint density at radius 2 is 2.11 bits per heavy atom. The fraction of sp³-hybridized carbons (Fsp3) is 0.833. The lowest BCUT2D eigenvalue weighted by Gasteiger charge is -2.18. The van der Waals surface area contributed by atoms with Crippen molar-refractivity contribution in [3.63, 3.8) is 0 Å². The Labute approximate surface area is 110 Å². The number of hydrogen-bond donors (Lipinski definition) is 1. The second-order valence-corrected chi connectivity index (χ2v) is 5.26. The molecule has 2 amide bonds. The van der Waals surface area contributed by atoms with Crippen molar-refractivity contribution in [2.45, 2.75) is 32.9 Å². The summed E-state index contributed by atoms with van der Waals surface area (Å²) in [6.45, 7) is 3.08. The molecule has 0 saturated carbocycles. The first-order chi connectivity index (χ1) is 8.69. The molecule has 0 bridgehead atoms. The van der Waals surface area contributed by atoms with E-state index in [4.69, 9.17) is 0 Å². The van der Waals surface area contributed by atoms with Crippen LogP contribution in [0.3, 0.4) is 0 Å². The molecule has 0 unspecified atom stereocenters. The maximum absolute atomic E-state index is 12.2. The van der Waals surface area contributed by atoms with E-state index in [1.54, 1.807) is 0 Å². The molecule has 1 N–H and O–H groups in total. The highest BCUT2D eigenvalue weighted by atomic mass is 19.4. The normalized spacial score (nSPS) is 20.2. The quantitative estimate of drug-likeness (QED) is 0.831. The smallest absolute Gasteiger partial charge is 0.356 e. The van der Waals surface area contributed by atoms with Gasteiger partial charge in [0.25, 0.3) is 0 Å². The van der Waals surface area contributed by atoms with E-state index < -0.39 is 24.5 Å². The SMILES string of the molecule is CC(C)CCNC(=O)[C@H]1CC(=O)N(CC(F)(F)F)C1. The molecule has 1 aliphatic rings. The Kier molecular flexibility index (Phi) is 5.20. The van der Waals surface area contributed by atoms with Gasteiger partial charge >= 0.3 is 6.18 Å². The van der Waals surface area contributed by atoms with E-state index in [0.29, 0.717) is 17.4 Å². The van der Waals surface area contributed by atoms with Crippen LogP contribution >= 0.6 is 0 Å². The molecule has 0 aromatic rings. The van der Waals surface area contributed by atoms with Gasteiger partial charge in [0.05, 0.1) is 5.92 Å². The highest BCUT2D eigenvalue weighted by Crippen LogP contribution is 2.23. The summed E-state index contributed by atoms with van der Waals surface area (Å²) in [5, 5.41) is 2.66. The Bertz CT molecular complexity index is 342. The molecule has 19 heavy (non-hydrogen) atoms. The molecule has 1 rings (SSSR count). The van der Waals surface area contributed by atoms with Gasteiger partial charge in [0.15, 0.2) is 0 Å². The van der Waals surface area contributed by atoms with Gasteiger partial charge in [-0.15, -0.1) is 0 Å². The van der Waals surface area contributed by atoms with E-state index in [-0.39, 0.29) is 18.9 Å². The molecule has 0 aromatic heterocycles. The van der Waals surface area contributed by atoms with E-state index in [2.05, 4.69) is 5.32 Å². The number of nitrogens with one attached hydrogen (secondary N) is 1. The number of carbonyl (C=O) groups is 2. The lowest BCUT2D eigenvalue weighted by atomic mass is 10.1. The molecule has 1 saturated heterocycles. The minimum Gasteiger partial charge on any atom is -0.356 e. The second kappa shape index (κ2) is 6.25. The van der Waals surface area contributed by atoms with Crippen LogP contribution in [0.2, 0.25) is 0 Å². The second-order valence-electron chi connectivity index (χ2n) is 5.26. The van der Waals surface area contributed by atoms with Crippen molar-refractivity contribution in [2.75, 3.05) is 19.6 Å². The van der Waals surface area contributed by atoms with Gasteiger partial charge in [0.1, 0.15) is 6.54 Å². The number of nitrogens with zero attached hydrogens (tertiary/aromatic N) is 1. The minimum absolute atomic E-state index is 0.135. The van der Waals surface area contributed by atoms with Crippen LogP contribution in [0.1, 0.15) is 26.7 Å². The van der Waals surface area contributed by atoms with Crippen LogP contribution in [0.5, 0.6) is 0 Å². The van der Waals surface area contributed by atoms with Crippen LogP contribution in [0.25, 0.3) is 0 Å². The zero-order valence-corrected chi connectivity index (χ0v) is 11.1. The van der Waals surface area contributed by atoms with Crippen LogP contribution in [0.4, 0.5) is 13.2 Å². The lowest BCUT2D eigenvalue weighted by molar-refractivity contribution is -0.157. The van der Waals surface area contributed by atoms with Crippen molar-refractivity contribution < 1.29 is 22.8 Å². The summed E-state index contributed by atoms with van der Waals surface area (Å²) in [5.41, 5.74) is 0. The Balaban J connectivity index is 2.41. The van der Waals surface area contributed by atoms with Crippen molar-refractivity contribution in [1.29, 1.82) is 0 Å². The summed E-state index contributed by atoms with van der Waals surface area (Å²) in [4.78, 5) is 23.8. The lowest BCUT2D eigenvalue weighted by Crippen LogP contribution is -2.37. The standard InChI is InChI=1S/C12H19F3N2O2/c1-8(2)3-4-16-11(19)9-5-10(18)17(6-9)7-12(13,14)15/h8-9H,3-7H2,1-2H3,(H,16,19)/t9-/m0/s1. The number of rotatable bonds is 5. The zero-order valence-electron chi connectivity index (χ0n) is 11.1. The van der Waals surface area contributed by atoms with Gasteiger partial charge in [0.2, 0.25) is 11.8 Å². The maximum atomic E-state index is 12.2. The van der Waals surface area contributed by atoms with Crippen molar-refractivity contribution in [3.05, 3.63) is 0 Å². The van der Waals surface area contributed by atoms with Crippen LogP contribution in [0.15, 0.2) is 0 Å². The molecule has 0 aliphatic carbocycles. The molecular weight excluding hydrogens is 261 g/mol. The Hall–Kier alpha value is -1.27. The molecule has 0 aromatic carbocycles. The molecule has 1 fully saturated rings. The van der Waals surface area contributed by atoms with Gasteiger partial charge in [-0.05, 0) is 12.3 Å². The summed E-state index contributed by atoms with van der Waals surface area (Å²) in [5.74, 6) is -1.17. The molecule has 4 nitrogen and oxygen atoms in total. The molecular formula is C12H19F3N2O2. The average Bonchev–Trinajstić information content (AvgIpc) is 2.57. The van der Waals surface area contributed by atoms with Crippen LogP contribution < -0.4 is 5.32 Å². The fourth-order valence-electron chi connectivity index (χ4n) is 1.95. The summed E-state index contributed by atoms with van der Waals surface area (Å²) in [6.07, 6.45) is -3.75. The van der Waals surface area contributed by atoms with Crippen LogP contribution in [-0.2, 0) is 9.59 Å². The number of alkyl halides is 3. The summed E-state index contributed by atoms with van der Waals surface area (Å²) < 4.78 is 36.6. The molecule has 1 atom stereocenters. The van der Waals surface area contributed by atoms with Crippen LogP contribution in [0, 0.1) is 11.8 Å². The predicted octanol–water partition coefficient (Wildman–Crippen LogP) is 1.56. The first-order valence-corrected chi connectivity index (χ1v) is 6.31. The predicted molar refractivity (Wildman–Crippen MR) is 63.2 cm³/mol. The third-order valence-corrected chi connectivity index (χ3v) is 2.98. The number of carbonyl (C=O) groups excluding carboxylic acids is 2. The number of amides is 2. The summed E-state index contributed by atoms with van der Waals surface area (Å²) >= 11 is 0. The third-order valence-electron chi connectivity index (χ3n) is 2.98. The van der Waals surface area contributed by atoms with E-state index in [9.17, 15) is 22.8 Å². The highest BCUT2D eigenvalue weighted by molar-refractivity contribution is 5.89. The van der Waals surface area contributed by atoms with Crippen molar-refractivity contribution in [3.8, 4) is 0 Å². The first-order valence-electron chi connectivity index (χ1n) is 6.31. The Morgan fingerprint density at radius 1 is 1.47 bits per heavy atom. The van der Waals surface area contributed by atoms with Gasteiger partial charge in [0, 0.05) is 19.5 Å². The first kappa shape index (κ1) is 15.8. The average molecular weight is 280 g/mol. The fourth-order valence-corrected chi connectivity index (χ4v) is 1.95. The molecule has 0 spiro atoms. The number of halogens is 3.